The van der Waals surface area contributed by atoms with Crippen LogP contribution in [0.3, 0.4) is 0 Å². The number of fused-ring (bicyclic) bond motifs is 1. The molecule has 3 N–H and O–H groups in total. The van der Waals surface area contributed by atoms with E-state index < -0.39 is 12.2 Å². The van der Waals surface area contributed by atoms with Crippen LogP contribution in [0.1, 0.15) is 104 Å². The fourth-order valence-corrected chi connectivity index (χ4v) is 11.0. The van der Waals surface area contributed by atoms with Gasteiger partial charge in [-0.2, -0.15) is 0 Å². The molecule has 0 aliphatic heterocycles. The Kier molecular flexibility index (Phi) is 7.36. The summed E-state index contributed by atoms with van der Waals surface area (Å²) in [4.78, 5) is 0. The zero-order chi connectivity index (χ0) is 26.7. The molecule has 0 spiro atoms. The number of rotatable bonds is 6. The SMILES string of the molecule is C=C1[C@H](O)CC(=C/C=C2\CCC[C@]3(C)[C@@H]([C@H](C)/C=C/C[C@H](O)C45CC6CC(CC(C6)C4)C5)CC[C@@H]23)C[C@H]1O. The van der Waals surface area contributed by atoms with Crippen LogP contribution < -0.4 is 0 Å². The highest BCUT2D eigenvalue weighted by molar-refractivity contribution is 5.29. The fraction of sp³-hybridized carbons (Fsp3) is 0.771. The third-order valence-electron chi connectivity index (χ3n) is 12.6. The second-order valence-corrected chi connectivity index (χ2v) is 15.0. The third-order valence-corrected chi connectivity index (χ3v) is 12.6. The van der Waals surface area contributed by atoms with Gasteiger partial charge >= 0.3 is 0 Å². The van der Waals surface area contributed by atoms with Crippen molar-refractivity contribution in [3.63, 3.8) is 0 Å². The average molecular weight is 521 g/mol. The Bertz CT molecular complexity index is 951. The van der Waals surface area contributed by atoms with Crippen LogP contribution >= 0.6 is 0 Å². The first-order valence-corrected chi connectivity index (χ1v) is 15.9. The van der Waals surface area contributed by atoms with Crippen LogP contribution in [0.25, 0.3) is 0 Å². The van der Waals surface area contributed by atoms with E-state index in [1.165, 1.54) is 70.6 Å². The summed E-state index contributed by atoms with van der Waals surface area (Å²) in [5.74, 6) is 4.56. The molecule has 3 heteroatoms. The van der Waals surface area contributed by atoms with Gasteiger partial charge in [0, 0.05) is 0 Å². The zero-order valence-corrected chi connectivity index (χ0v) is 24.0. The van der Waals surface area contributed by atoms with Crippen molar-refractivity contribution in [2.45, 2.75) is 122 Å². The Morgan fingerprint density at radius 2 is 1.61 bits per heavy atom. The highest BCUT2D eigenvalue weighted by atomic mass is 16.3. The van der Waals surface area contributed by atoms with Gasteiger partial charge in [0.2, 0.25) is 0 Å². The van der Waals surface area contributed by atoms with Crippen LogP contribution in [0, 0.1) is 46.3 Å². The van der Waals surface area contributed by atoms with E-state index >= 15 is 0 Å². The van der Waals surface area contributed by atoms with Crippen LogP contribution in [0.2, 0.25) is 0 Å². The predicted molar refractivity (Wildman–Crippen MR) is 154 cm³/mol. The summed E-state index contributed by atoms with van der Waals surface area (Å²) >= 11 is 0. The van der Waals surface area contributed by atoms with E-state index in [0.717, 1.165) is 29.7 Å². The molecular weight excluding hydrogens is 468 g/mol. The molecule has 0 radical (unpaired) electrons. The Morgan fingerprint density at radius 3 is 2.24 bits per heavy atom. The van der Waals surface area contributed by atoms with Crippen molar-refractivity contribution in [2.24, 2.45) is 46.3 Å². The molecule has 7 atom stereocenters. The van der Waals surface area contributed by atoms with Gasteiger partial charge in [0.15, 0.2) is 0 Å². The first-order valence-electron chi connectivity index (χ1n) is 15.9. The molecule has 7 aliphatic rings. The maximum absolute atomic E-state index is 11.4. The first-order chi connectivity index (χ1) is 18.2. The number of hydrogen-bond acceptors (Lipinski definition) is 3. The summed E-state index contributed by atoms with van der Waals surface area (Å²) in [5, 5.41) is 31.8. The Morgan fingerprint density at radius 1 is 0.974 bits per heavy atom. The monoisotopic (exact) mass is 520 g/mol. The summed E-state index contributed by atoms with van der Waals surface area (Å²) in [6.07, 6.45) is 24.4. The van der Waals surface area contributed by atoms with Gasteiger partial charge in [0.25, 0.3) is 0 Å². The lowest BCUT2D eigenvalue weighted by Gasteiger charge is -2.58. The van der Waals surface area contributed by atoms with Crippen molar-refractivity contribution in [3.05, 3.63) is 47.6 Å². The van der Waals surface area contributed by atoms with Gasteiger partial charge in [-0.05, 0) is 142 Å². The number of hydrogen-bond donors (Lipinski definition) is 3. The molecule has 4 bridgehead atoms. The minimum Gasteiger partial charge on any atom is -0.392 e. The van der Waals surface area contributed by atoms with E-state index in [0.29, 0.717) is 41.6 Å². The molecule has 7 saturated carbocycles. The maximum Gasteiger partial charge on any atom is 0.0809 e. The lowest BCUT2D eigenvalue weighted by molar-refractivity contribution is -0.118. The first kappa shape index (κ1) is 27.0. The van der Waals surface area contributed by atoms with Crippen LogP contribution in [0.4, 0.5) is 0 Å². The lowest BCUT2D eigenvalue weighted by Crippen LogP contribution is -2.51. The zero-order valence-electron chi connectivity index (χ0n) is 24.0. The van der Waals surface area contributed by atoms with E-state index in [2.05, 4.69) is 44.7 Å². The van der Waals surface area contributed by atoms with Gasteiger partial charge in [-0.3, -0.25) is 0 Å². The molecule has 0 aromatic carbocycles. The van der Waals surface area contributed by atoms with Crippen LogP contribution in [-0.4, -0.2) is 33.6 Å². The highest BCUT2D eigenvalue weighted by Crippen LogP contribution is 2.62. The van der Waals surface area contributed by atoms with Crippen molar-refractivity contribution in [1.82, 2.24) is 0 Å². The Balaban J connectivity index is 1.09. The summed E-state index contributed by atoms with van der Waals surface area (Å²) in [6, 6.07) is 0. The normalized spacial score (nSPS) is 47.1. The fourth-order valence-electron chi connectivity index (χ4n) is 11.0. The molecule has 0 amide bonds. The highest BCUT2D eigenvalue weighted by Gasteiger charge is 2.54. The molecular formula is C35H52O3. The van der Waals surface area contributed by atoms with Crippen molar-refractivity contribution in [3.8, 4) is 0 Å². The average Bonchev–Trinajstić information content (AvgIpc) is 3.22. The molecule has 210 valence electrons. The van der Waals surface area contributed by atoms with Crippen LogP contribution in [0.5, 0.6) is 0 Å². The van der Waals surface area contributed by atoms with Gasteiger partial charge < -0.3 is 15.3 Å². The van der Waals surface area contributed by atoms with Gasteiger partial charge in [0.1, 0.15) is 0 Å². The molecule has 38 heavy (non-hydrogen) atoms. The van der Waals surface area contributed by atoms with Gasteiger partial charge in [-0.1, -0.05) is 55.9 Å². The van der Waals surface area contributed by atoms with E-state index in [1.807, 2.05) is 0 Å². The molecule has 0 unspecified atom stereocenters. The summed E-state index contributed by atoms with van der Waals surface area (Å²) in [6.45, 7) is 8.81. The standard InChI is InChI=1S/C35H52O3/c1-22(6-4-8-33(38)35-19-25-14-26(20-35)16-27(15-25)21-35)29-11-12-30-28(7-5-13-34(29,30)3)10-9-24-17-31(36)23(2)32(37)18-24/h4,6,9-10,22,25-27,29-33,36-38H,2,5,7-8,11-21H2,1,3H3/b6-4+,28-10+/t22-,25?,26?,27?,29-,30+,31-,32-,33+,34-,35?/m1/s1. The number of aliphatic hydroxyl groups is 3. The van der Waals surface area contributed by atoms with Crippen molar-refractivity contribution < 1.29 is 15.3 Å². The number of aliphatic hydroxyl groups excluding tert-OH is 3. The molecule has 3 nitrogen and oxygen atoms in total. The Hall–Kier alpha value is -1.16. The smallest absolute Gasteiger partial charge is 0.0809 e. The Labute approximate surface area is 231 Å². The minimum absolute atomic E-state index is 0.155. The second kappa shape index (κ2) is 10.3. The van der Waals surface area contributed by atoms with Gasteiger partial charge in [-0.15, -0.1) is 0 Å². The van der Waals surface area contributed by atoms with Gasteiger partial charge in [-0.25, -0.2) is 0 Å². The van der Waals surface area contributed by atoms with E-state index in [9.17, 15) is 15.3 Å². The van der Waals surface area contributed by atoms with E-state index in [-0.39, 0.29) is 11.5 Å². The summed E-state index contributed by atoms with van der Waals surface area (Å²) in [7, 11) is 0. The second-order valence-electron chi connectivity index (χ2n) is 15.0. The molecule has 7 rings (SSSR count). The number of allylic oxidation sites excluding steroid dienone is 4. The van der Waals surface area contributed by atoms with Crippen LogP contribution in [0.15, 0.2) is 47.6 Å². The molecule has 0 heterocycles. The molecule has 0 saturated heterocycles. The predicted octanol–water partition coefficient (Wildman–Crippen LogP) is 7.29. The quantitative estimate of drug-likeness (QED) is 0.322. The van der Waals surface area contributed by atoms with Gasteiger partial charge in [0.05, 0.1) is 18.3 Å². The van der Waals surface area contributed by atoms with Crippen LogP contribution in [-0.2, 0) is 0 Å². The summed E-state index contributed by atoms with van der Waals surface area (Å²) in [5.41, 5.74) is 3.84. The molecule has 7 aliphatic carbocycles. The maximum atomic E-state index is 11.4. The van der Waals surface area contributed by atoms with E-state index in [1.54, 1.807) is 5.57 Å². The third kappa shape index (κ3) is 4.83. The van der Waals surface area contributed by atoms with Crippen molar-refractivity contribution in [2.75, 3.05) is 0 Å². The molecule has 0 aromatic heterocycles. The molecule has 7 fully saturated rings. The minimum atomic E-state index is -0.620. The largest absolute Gasteiger partial charge is 0.392 e. The van der Waals surface area contributed by atoms with E-state index in [4.69, 9.17) is 0 Å². The van der Waals surface area contributed by atoms with Crippen molar-refractivity contribution in [1.29, 1.82) is 0 Å². The van der Waals surface area contributed by atoms with Crippen molar-refractivity contribution >= 4 is 0 Å². The topological polar surface area (TPSA) is 60.7 Å². The lowest BCUT2D eigenvalue weighted by atomic mass is 9.48. The summed E-state index contributed by atoms with van der Waals surface area (Å²) < 4.78 is 0. The molecule has 0 aromatic rings.